The summed E-state index contributed by atoms with van der Waals surface area (Å²) >= 11 is 4.85. The molecule has 1 fully saturated rings. The number of nitrogens with zero attached hydrogens (tertiary/aromatic N) is 1. The third kappa shape index (κ3) is 2.80. The van der Waals surface area contributed by atoms with Gasteiger partial charge in [-0.3, -0.25) is 0 Å². The van der Waals surface area contributed by atoms with E-state index in [1.807, 2.05) is 0 Å². The van der Waals surface area contributed by atoms with Gasteiger partial charge >= 0.3 is 0 Å². The first-order valence-electron chi connectivity index (χ1n) is 6.22. The summed E-state index contributed by atoms with van der Waals surface area (Å²) in [6, 6.07) is 6.44. The Morgan fingerprint density at radius 3 is 2.11 bits per heavy atom. The molecule has 0 amide bonds. The van der Waals surface area contributed by atoms with E-state index in [-0.39, 0.29) is 4.99 Å². The molecule has 0 bridgehead atoms. The van der Waals surface area contributed by atoms with Gasteiger partial charge in [0.05, 0.1) is 4.90 Å². The number of sulfonamides is 1. The minimum atomic E-state index is -3.40. The Hall–Kier alpha value is -0.980. The maximum atomic E-state index is 12.5. The van der Waals surface area contributed by atoms with Gasteiger partial charge in [0.2, 0.25) is 10.0 Å². The van der Waals surface area contributed by atoms with Gasteiger partial charge in [0.25, 0.3) is 0 Å². The maximum Gasteiger partial charge on any atom is 0.243 e. The zero-order valence-electron chi connectivity index (χ0n) is 11.0. The summed E-state index contributed by atoms with van der Waals surface area (Å²) in [5.41, 5.74) is 6.18. The van der Waals surface area contributed by atoms with Crippen molar-refractivity contribution in [2.45, 2.75) is 18.7 Å². The molecule has 2 unspecified atom stereocenters. The lowest BCUT2D eigenvalue weighted by atomic mass is 10.0. The van der Waals surface area contributed by atoms with E-state index in [0.717, 1.165) is 0 Å². The molecular formula is C13H18N2O2S2. The molecule has 1 aliphatic heterocycles. The minimum Gasteiger partial charge on any atom is -0.389 e. The van der Waals surface area contributed by atoms with Crippen LogP contribution in [0.4, 0.5) is 0 Å². The Morgan fingerprint density at radius 2 is 1.68 bits per heavy atom. The van der Waals surface area contributed by atoms with Gasteiger partial charge in [-0.25, -0.2) is 8.42 Å². The predicted octanol–water partition coefficient (Wildman–Crippen LogP) is 1.60. The van der Waals surface area contributed by atoms with E-state index >= 15 is 0 Å². The summed E-state index contributed by atoms with van der Waals surface area (Å²) < 4.78 is 26.5. The summed E-state index contributed by atoms with van der Waals surface area (Å²) in [5.74, 6) is 0.788. The second-order valence-electron chi connectivity index (χ2n) is 5.17. The van der Waals surface area contributed by atoms with Crippen LogP contribution >= 0.6 is 12.2 Å². The van der Waals surface area contributed by atoms with Crippen LogP contribution in [0.2, 0.25) is 0 Å². The van der Waals surface area contributed by atoms with E-state index in [9.17, 15) is 8.42 Å². The summed E-state index contributed by atoms with van der Waals surface area (Å²) in [6.45, 7) is 5.33. The zero-order valence-corrected chi connectivity index (χ0v) is 12.7. The van der Waals surface area contributed by atoms with E-state index in [0.29, 0.717) is 35.4 Å². The van der Waals surface area contributed by atoms with Crippen molar-refractivity contribution in [3.8, 4) is 0 Å². The number of rotatable bonds is 3. The van der Waals surface area contributed by atoms with Crippen LogP contribution in [0.15, 0.2) is 29.2 Å². The second-order valence-corrected chi connectivity index (χ2v) is 7.54. The molecule has 19 heavy (non-hydrogen) atoms. The van der Waals surface area contributed by atoms with E-state index in [1.54, 1.807) is 28.6 Å². The number of benzene rings is 1. The third-order valence-electron chi connectivity index (χ3n) is 3.73. The van der Waals surface area contributed by atoms with Gasteiger partial charge in [0.1, 0.15) is 4.99 Å². The number of hydrogen-bond donors (Lipinski definition) is 1. The summed E-state index contributed by atoms with van der Waals surface area (Å²) in [4.78, 5) is 0.571. The van der Waals surface area contributed by atoms with Crippen molar-refractivity contribution in [3.05, 3.63) is 29.8 Å². The molecular weight excluding hydrogens is 280 g/mol. The first-order chi connectivity index (χ1) is 8.82. The lowest BCUT2D eigenvalue weighted by molar-refractivity contribution is 0.463. The highest BCUT2D eigenvalue weighted by Crippen LogP contribution is 2.28. The van der Waals surface area contributed by atoms with Crippen LogP contribution in [0, 0.1) is 11.8 Å². The molecule has 1 aliphatic rings. The lowest BCUT2D eigenvalue weighted by Gasteiger charge is -2.16. The SMILES string of the molecule is CC1CN(S(=O)(=O)c2ccc(C(N)=S)cc2)CC1C. The molecule has 0 radical (unpaired) electrons. The smallest absolute Gasteiger partial charge is 0.243 e. The van der Waals surface area contributed by atoms with E-state index in [1.165, 1.54) is 0 Å². The average molecular weight is 298 g/mol. The fraction of sp³-hybridized carbons (Fsp3) is 0.462. The van der Waals surface area contributed by atoms with Crippen molar-refractivity contribution < 1.29 is 8.42 Å². The van der Waals surface area contributed by atoms with Crippen molar-refractivity contribution in [2.75, 3.05) is 13.1 Å². The first-order valence-corrected chi connectivity index (χ1v) is 8.07. The van der Waals surface area contributed by atoms with Crippen molar-refractivity contribution in [1.29, 1.82) is 0 Å². The van der Waals surface area contributed by atoms with Gasteiger partial charge in [0.15, 0.2) is 0 Å². The highest BCUT2D eigenvalue weighted by molar-refractivity contribution is 7.89. The van der Waals surface area contributed by atoms with E-state index < -0.39 is 10.0 Å². The Kier molecular flexibility index (Phi) is 3.94. The minimum absolute atomic E-state index is 0.271. The molecule has 6 heteroatoms. The average Bonchev–Trinajstić information content (AvgIpc) is 2.70. The molecule has 2 rings (SSSR count). The Balaban J connectivity index is 2.27. The van der Waals surface area contributed by atoms with Gasteiger partial charge < -0.3 is 5.73 Å². The summed E-state index contributed by atoms with van der Waals surface area (Å²) in [5, 5.41) is 0. The standard InChI is InChI=1S/C13H18N2O2S2/c1-9-7-15(8-10(9)2)19(16,17)12-5-3-11(4-6-12)13(14)18/h3-6,9-10H,7-8H2,1-2H3,(H2,14,18). The second kappa shape index (κ2) is 5.19. The molecule has 2 atom stereocenters. The molecule has 1 aromatic rings. The van der Waals surface area contributed by atoms with E-state index in [4.69, 9.17) is 18.0 Å². The van der Waals surface area contributed by atoms with Crippen molar-refractivity contribution in [3.63, 3.8) is 0 Å². The summed E-state index contributed by atoms with van der Waals surface area (Å²) in [7, 11) is -3.40. The molecule has 1 heterocycles. The van der Waals surface area contributed by atoms with Crippen LogP contribution in [0.3, 0.4) is 0 Å². The quantitative estimate of drug-likeness (QED) is 0.861. The number of nitrogens with two attached hydrogens (primary N) is 1. The Morgan fingerprint density at radius 1 is 1.21 bits per heavy atom. The van der Waals surface area contributed by atoms with Gasteiger partial charge in [-0.1, -0.05) is 38.2 Å². The van der Waals surface area contributed by atoms with Crippen molar-refractivity contribution >= 4 is 27.2 Å². The molecule has 104 valence electrons. The lowest BCUT2D eigenvalue weighted by Crippen LogP contribution is -2.29. The summed E-state index contributed by atoms with van der Waals surface area (Å²) in [6.07, 6.45) is 0. The number of thiocarbonyl (C=S) groups is 1. The molecule has 0 saturated carbocycles. The molecule has 2 N–H and O–H groups in total. The van der Waals surface area contributed by atoms with Gasteiger partial charge in [-0.15, -0.1) is 0 Å². The van der Waals surface area contributed by atoms with Crippen molar-refractivity contribution in [2.24, 2.45) is 17.6 Å². The van der Waals surface area contributed by atoms with Gasteiger partial charge in [-0.05, 0) is 24.0 Å². The number of hydrogen-bond acceptors (Lipinski definition) is 3. The van der Waals surface area contributed by atoms with Crippen molar-refractivity contribution in [1.82, 2.24) is 4.31 Å². The largest absolute Gasteiger partial charge is 0.389 e. The predicted molar refractivity (Wildman–Crippen MR) is 79.4 cm³/mol. The van der Waals surface area contributed by atoms with Gasteiger partial charge in [-0.2, -0.15) is 4.31 Å². The fourth-order valence-corrected chi connectivity index (χ4v) is 3.99. The van der Waals surface area contributed by atoms with Crippen LogP contribution in [0.1, 0.15) is 19.4 Å². The normalized spacial score (nSPS) is 24.5. The fourth-order valence-electron chi connectivity index (χ4n) is 2.21. The monoisotopic (exact) mass is 298 g/mol. The van der Waals surface area contributed by atoms with Crippen LogP contribution in [0.25, 0.3) is 0 Å². The Bertz CT molecular complexity index is 571. The van der Waals surface area contributed by atoms with Crippen LogP contribution in [-0.4, -0.2) is 30.8 Å². The van der Waals surface area contributed by atoms with E-state index in [2.05, 4.69) is 13.8 Å². The highest BCUT2D eigenvalue weighted by Gasteiger charge is 2.34. The Labute approximate surface area is 119 Å². The molecule has 0 aromatic heterocycles. The maximum absolute atomic E-state index is 12.5. The molecule has 1 aromatic carbocycles. The van der Waals surface area contributed by atoms with Crippen LogP contribution in [-0.2, 0) is 10.0 Å². The van der Waals surface area contributed by atoms with Crippen LogP contribution in [0.5, 0.6) is 0 Å². The topological polar surface area (TPSA) is 63.4 Å². The zero-order chi connectivity index (χ0) is 14.2. The van der Waals surface area contributed by atoms with Gasteiger partial charge in [0, 0.05) is 18.7 Å². The third-order valence-corrected chi connectivity index (χ3v) is 5.81. The molecule has 4 nitrogen and oxygen atoms in total. The molecule has 0 aliphatic carbocycles. The molecule has 1 saturated heterocycles. The van der Waals surface area contributed by atoms with Crippen LogP contribution < -0.4 is 5.73 Å². The first kappa shape index (κ1) is 14.4. The highest BCUT2D eigenvalue weighted by atomic mass is 32.2. The molecule has 0 spiro atoms.